The fraction of sp³-hybridized carbons (Fsp3) is 0.923. The molecule has 5 heteroatoms. The summed E-state index contributed by atoms with van der Waals surface area (Å²) in [5.74, 6) is -0.0455. The van der Waals surface area contributed by atoms with E-state index in [0.29, 0.717) is 6.42 Å². The van der Waals surface area contributed by atoms with Crippen LogP contribution in [0.5, 0.6) is 0 Å². The zero-order valence-electron chi connectivity index (χ0n) is 11.7. The molecule has 0 aromatic carbocycles. The summed E-state index contributed by atoms with van der Waals surface area (Å²) in [5, 5.41) is 0. The lowest BCUT2D eigenvalue weighted by Gasteiger charge is -2.30. The molecule has 18 heavy (non-hydrogen) atoms. The third-order valence-corrected chi connectivity index (χ3v) is 5.51. The molecule has 1 amide bonds. The Balaban J connectivity index is 2.70. The topological polar surface area (TPSA) is 54.5 Å². The van der Waals surface area contributed by atoms with Crippen LogP contribution in [-0.4, -0.2) is 43.3 Å². The summed E-state index contributed by atoms with van der Waals surface area (Å²) in [6.07, 6.45) is 3.44. The van der Waals surface area contributed by atoms with Gasteiger partial charge in [0.2, 0.25) is 5.91 Å². The van der Waals surface area contributed by atoms with E-state index in [-0.39, 0.29) is 29.4 Å². The molecule has 4 nitrogen and oxygen atoms in total. The van der Waals surface area contributed by atoms with Crippen LogP contribution in [0.1, 0.15) is 46.5 Å². The Morgan fingerprint density at radius 2 is 2.06 bits per heavy atom. The van der Waals surface area contributed by atoms with Gasteiger partial charge in [-0.1, -0.05) is 20.3 Å². The first-order chi connectivity index (χ1) is 8.41. The van der Waals surface area contributed by atoms with Crippen LogP contribution < -0.4 is 0 Å². The number of hydrogen-bond acceptors (Lipinski definition) is 3. The largest absolute Gasteiger partial charge is 0.340 e. The smallest absolute Gasteiger partial charge is 0.226 e. The van der Waals surface area contributed by atoms with E-state index in [1.165, 1.54) is 0 Å². The standard InChI is InChI=1S/C13H25NO3S/c1-4-6-8-14(11(3)5-2)13(15)12-7-9-18(16,17)10-12/h11-12H,4-10H2,1-3H3. The van der Waals surface area contributed by atoms with Gasteiger partial charge in [-0.2, -0.15) is 0 Å². The van der Waals surface area contributed by atoms with E-state index in [1.807, 2.05) is 11.8 Å². The Hall–Kier alpha value is -0.580. The molecule has 2 unspecified atom stereocenters. The Morgan fingerprint density at radius 1 is 1.39 bits per heavy atom. The predicted molar refractivity (Wildman–Crippen MR) is 73.1 cm³/mol. The highest BCUT2D eigenvalue weighted by atomic mass is 32.2. The van der Waals surface area contributed by atoms with Gasteiger partial charge in [-0.25, -0.2) is 8.42 Å². The van der Waals surface area contributed by atoms with Crippen LogP contribution in [0.3, 0.4) is 0 Å². The van der Waals surface area contributed by atoms with E-state index in [2.05, 4.69) is 13.8 Å². The Bertz CT molecular complexity index is 378. The zero-order chi connectivity index (χ0) is 13.8. The Morgan fingerprint density at radius 3 is 2.50 bits per heavy atom. The van der Waals surface area contributed by atoms with Crippen LogP contribution in [0.2, 0.25) is 0 Å². The minimum atomic E-state index is -2.97. The van der Waals surface area contributed by atoms with Gasteiger partial charge in [0, 0.05) is 12.6 Å². The molecular weight excluding hydrogens is 250 g/mol. The van der Waals surface area contributed by atoms with E-state index >= 15 is 0 Å². The monoisotopic (exact) mass is 275 g/mol. The fourth-order valence-corrected chi connectivity index (χ4v) is 4.05. The number of carbonyl (C=O) groups is 1. The predicted octanol–water partition coefficient (Wildman–Crippen LogP) is 1.85. The molecule has 1 aliphatic heterocycles. The normalized spacial score (nSPS) is 23.8. The Kier molecular flexibility index (Phi) is 5.63. The van der Waals surface area contributed by atoms with Crippen molar-refractivity contribution < 1.29 is 13.2 Å². The molecule has 1 saturated heterocycles. The van der Waals surface area contributed by atoms with Crippen LogP contribution in [0.4, 0.5) is 0 Å². The maximum absolute atomic E-state index is 12.4. The highest BCUT2D eigenvalue weighted by Crippen LogP contribution is 2.22. The lowest BCUT2D eigenvalue weighted by atomic mass is 10.1. The maximum Gasteiger partial charge on any atom is 0.226 e. The van der Waals surface area contributed by atoms with Crippen molar-refractivity contribution in [2.45, 2.75) is 52.5 Å². The quantitative estimate of drug-likeness (QED) is 0.743. The molecule has 1 fully saturated rings. The summed E-state index contributed by atoms with van der Waals surface area (Å²) in [6, 6.07) is 0.201. The second-order valence-electron chi connectivity index (χ2n) is 5.24. The summed E-state index contributed by atoms with van der Waals surface area (Å²) in [7, 11) is -2.97. The van der Waals surface area contributed by atoms with Crippen molar-refractivity contribution in [1.82, 2.24) is 4.90 Å². The number of carbonyl (C=O) groups excluding carboxylic acids is 1. The SMILES string of the molecule is CCCCN(C(=O)C1CCS(=O)(=O)C1)C(C)CC. The number of rotatable bonds is 6. The summed E-state index contributed by atoms with van der Waals surface area (Å²) in [6.45, 7) is 6.94. The molecule has 2 atom stereocenters. The first-order valence-electron chi connectivity index (χ1n) is 6.92. The number of nitrogens with zero attached hydrogens (tertiary/aromatic N) is 1. The van der Waals surface area contributed by atoms with E-state index < -0.39 is 9.84 Å². The van der Waals surface area contributed by atoms with Gasteiger partial charge < -0.3 is 4.90 Å². The van der Waals surface area contributed by atoms with Crippen LogP contribution in [0, 0.1) is 5.92 Å². The third kappa shape index (κ3) is 3.97. The maximum atomic E-state index is 12.4. The van der Waals surface area contributed by atoms with Crippen molar-refractivity contribution in [2.75, 3.05) is 18.1 Å². The molecule has 0 saturated carbocycles. The second-order valence-corrected chi connectivity index (χ2v) is 7.47. The summed E-state index contributed by atoms with van der Waals surface area (Å²) in [4.78, 5) is 14.3. The highest BCUT2D eigenvalue weighted by molar-refractivity contribution is 7.91. The van der Waals surface area contributed by atoms with Gasteiger partial charge in [-0.3, -0.25) is 4.79 Å². The van der Waals surface area contributed by atoms with Crippen molar-refractivity contribution in [3.63, 3.8) is 0 Å². The molecule has 0 radical (unpaired) electrons. The van der Waals surface area contributed by atoms with Crippen LogP contribution in [0.25, 0.3) is 0 Å². The molecule has 1 heterocycles. The van der Waals surface area contributed by atoms with Gasteiger partial charge in [-0.15, -0.1) is 0 Å². The first-order valence-corrected chi connectivity index (χ1v) is 8.74. The number of sulfone groups is 1. The van der Waals surface area contributed by atoms with Gasteiger partial charge in [0.25, 0.3) is 0 Å². The second kappa shape index (κ2) is 6.55. The van der Waals surface area contributed by atoms with E-state index in [9.17, 15) is 13.2 Å². The van der Waals surface area contributed by atoms with Gasteiger partial charge in [-0.05, 0) is 26.2 Å². The summed E-state index contributed by atoms with van der Waals surface area (Å²) < 4.78 is 22.9. The highest BCUT2D eigenvalue weighted by Gasteiger charge is 2.36. The molecule has 0 bridgehead atoms. The molecule has 0 N–H and O–H groups in total. The van der Waals surface area contributed by atoms with Gasteiger partial charge in [0.1, 0.15) is 0 Å². The lowest BCUT2D eigenvalue weighted by molar-refractivity contribution is -0.137. The molecule has 106 valence electrons. The minimum Gasteiger partial charge on any atom is -0.340 e. The molecule has 1 rings (SSSR count). The van der Waals surface area contributed by atoms with Crippen LogP contribution in [-0.2, 0) is 14.6 Å². The van der Waals surface area contributed by atoms with Crippen molar-refractivity contribution in [1.29, 1.82) is 0 Å². The molecular formula is C13H25NO3S. The molecule has 0 aromatic heterocycles. The molecule has 1 aliphatic rings. The molecule has 0 aromatic rings. The van der Waals surface area contributed by atoms with E-state index in [1.54, 1.807) is 0 Å². The molecule has 0 aliphatic carbocycles. The molecule has 0 spiro atoms. The average molecular weight is 275 g/mol. The number of unbranched alkanes of at least 4 members (excludes halogenated alkanes) is 1. The van der Waals surface area contributed by atoms with Gasteiger partial charge >= 0.3 is 0 Å². The van der Waals surface area contributed by atoms with E-state index in [0.717, 1.165) is 25.8 Å². The average Bonchev–Trinajstić information content (AvgIpc) is 2.69. The van der Waals surface area contributed by atoms with Gasteiger partial charge in [0.15, 0.2) is 9.84 Å². The van der Waals surface area contributed by atoms with Crippen molar-refractivity contribution in [2.24, 2.45) is 5.92 Å². The van der Waals surface area contributed by atoms with Crippen LogP contribution >= 0.6 is 0 Å². The lowest BCUT2D eigenvalue weighted by Crippen LogP contribution is -2.43. The summed E-state index contributed by atoms with van der Waals surface area (Å²) in [5.41, 5.74) is 0. The number of hydrogen-bond donors (Lipinski definition) is 0. The van der Waals surface area contributed by atoms with Crippen molar-refractivity contribution in [3.05, 3.63) is 0 Å². The minimum absolute atomic E-state index is 0.0406. The van der Waals surface area contributed by atoms with Crippen LogP contribution in [0.15, 0.2) is 0 Å². The third-order valence-electron chi connectivity index (χ3n) is 3.74. The van der Waals surface area contributed by atoms with E-state index in [4.69, 9.17) is 0 Å². The fourth-order valence-electron chi connectivity index (χ4n) is 2.32. The zero-order valence-corrected chi connectivity index (χ0v) is 12.5. The van der Waals surface area contributed by atoms with Gasteiger partial charge in [0.05, 0.1) is 17.4 Å². The number of amides is 1. The Labute approximate surface area is 111 Å². The summed E-state index contributed by atoms with van der Waals surface area (Å²) >= 11 is 0. The van der Waals surface area contributed by atoms with Crippen molar-refractivity contribution in [3.8, 4) is 0 Å². The first kappa shape index (κ1) is 15.5. The van der Waals surface area contributed by atoms with Crippen molar-refractivity contribution >= 4 is 15.7 Å².